The van der Waals surface area contributed by atoms with Crippen LogP contribution in [0.15, 0.2) is 53.7 Å². The van der Waals surface area contributed by atoms with Gasteiger partial charge in [-0.05, 0) is 19.1 Å². The summed E-state index contributed by atoms with van der Waals surface area (Å²) in [5.74, 6) is -4.19. The van der Waals surface area contributed by atoms with Gasteiger partial charge in [-0.25, -0.2) is 18.4 Å². The molecule has 0 aliphatic rings. The number of sulfonamides is 1. The maximum Gasteiger partial charge on any atom is 0.355 e. The van der Waals surface area contributed by atoms with Crippen molar-refractivity contribution in [1.82, 2.24) is 25.1 Å². The third kappa shape index (κ3) is 5.22. The Labute approximate surface area is 202 Å². The van der Waals surface area contributed by atoms with Crippen LogP contribution in [-0.4, -0.2) is 45.2 Å². The summed E-state index contributed by atoms with van der Waals surface area (Å²) in [7, 11) is -5.01. The van der Waals surface area contributed by atoms with Gasteiger partial charge >= 0.3 is 5.76 Å². The number of ether oxygens (including phenoxy) is 1. The van der Waals surface area contributed by atoms with Crippen molar-refractivity contribution in [3.8, 4) is 17.0 Å². The molecule has 188 valence electrons. The van der Waals surface area contributed by atoms with E-state index in [0.717, 1.165) is 0 Å². The second-order valence-corrected chi connectivity index (χ2v) is 8.80. The van der Waals surface area contributed by atoms with Crippen molar-refractivity contribution in [1.29, 1.82) is 0 Å². The van der Waals surface area contributed by atoms with Crippen molar-refractivity contribution in [2.45, 2.75) is 18.8 Å². The smallest absolute Gasteiger partial charge is 0.355 e. The maximum absolute atomic E-state index is 13.0. The van der Waals surface area contributed by atoms with Crippen LogP contribution in [0.1, 0.15) is 29.3 Å². The highest BCUT2D eigenvalue weighted by Crippen LogP contribution is 2.36. The summed E-state index contributed by atoms with van der Waals surface area (Å²) in [6, 6.07) is 3.86. The quantitative estimate of drug-likeness (QED) is 0.242. The summed E-state index contributed by atoms with van der Waals surface area (Å²) >= 11 is 0. The number of carbonyl (C=O) groups excluding carboxylic acids is 1. The molecule has 3 aromatic heterocycles. The molecule has 1 unspecified atom stereocenters. The molecule has 1 atom stereocenters. The molecule has 16 heteroatoms. The topological polar surface area (TPSA) is 191 Å². The Morgan fingerprint density at radius 2 is 2.03 bits per heavy atom. The van der Waals surface area contributed by atoms with E-state index in [9.17, 15) is 22.0 Å². The minimum Gasteiger partial charge on any atom is -0.479 e. The number of amides is 1. The lowest BCUT2D eigenvalue weighted by molar-refractivity contribution is 0.100. The van der Waals surface area contributed by atoms with E-state index in [1.807, 2.05) is 0 Å². The van der Waals surface area contributed by atoms with E-state index in [4.69, 9.17) is 14.9 Å². The molecule has 0 spiro atoms. The predicted octanol–water partition coefficient (Wildman–Crippen LogP) is 2.80. The number of aromatic nitrogens is 5. The van der Waals surface area contributed by atoms with Gasteiger partial charge in [0.1, 0.15) is 23.4 Å². The number of primary amides is 1. The Bertz CT molecular complexity index is 1460. The molecule has 0 bridgehead atoms. The lowest BCUT2D eigenvalue weighted by Gasteiger charge is -2.17. The summed E-state index contributed by atoms with van der Waals surface area (Å²) in [5.41, 5.74) is 5.67. The number of H-pyrrole nitrogens is 1. The number of halogens is 2. The van der Waals surface area contributed by atoms with Gasteiger partial charge < -0.3 is 20.2 Å². The SMILES string of the molecule is CC(Oc1cc(-c2[nH]nc(Nc3cnccn3)c2C(N)=O)ccc1NS(=O)(=O)C(F)F)c1ncco1. The van der Waals surface area contributed by atoms with E-state index in [2.05, 4.69) is 30.5 Å². The van der Waals surface area contributed by atoms with Crippen molar-refractivity contribution in [3.05, 3.63) is 60.7 Å². The number of alkyl halides is 2. The van der Waals surface area contributed by atoms with E-state index in [-0.39, 0.29) is 40.0 Å². The number of hydrogen-bond acceptors (Lipinski definition) is 10. The summed E-state index contributed by atoms with van der Waals surface area (Å²) in [5, 5.41) is 9.56. The molecule has 13 nitrogen and oxygen atoms in total. The van der Waals surface area contributed by atoms with E-state index in [0.29, 0.717) is 5.82 Å². The monoisotopic (exact) mass is 520 g/mol. The number of rotatable bonds is 10. The number of nitrogens with two attached hydrogens (primary N) is 1. The minimum absolute atomic E-state index is 0.0479. The third-order valence-corrected chi connectivity index (χ3v) is 5.66. The van der Waals surface area contributed by atoms with Gasteiger partial charge in [0.05, 0.1) is 23.8 Å². The van der Waals surface area contributed by atoms with Crippen molar-refractivity contribution in [2.75, 3.05) is 10.0 Å². The largest absolute Gasteiger partial charge is 0.479 e. The molecule has 0 aliphatic heterocycles. The summed E-state index contributed by atoms with van der Waals surface area (Å²) in [6.45, 7) is 1.55. The van der Waals surface area contributed by atoms with Gasteiger partial charge in [-0.2, -0.15) is 13.9 Å². The first-order chi connectivity index (χ1) is 17.2. The van der Waals surface area contributed by atoms with Crippen LogP contribution >= 0.6 is 0 Å². The highest BCUT2D eigenvalue weighted by Gasteiger charge is 2.27. The number of anilines is 3. The first-order valence-corrected chi connectivity index (χ1v) is 11.6. The number of nitrogens with zero attached hydrogens (tertiary/aromatic N) is 4. The van der Waals surface area contributed by atoms with Crippen LogP contribution in [0.3, 0.4) is 0 Å². The molecule has 0 saturated heterocycles. The van der Waals surface area contributed by atoms with Crippen LogP contribution in [0.2, 0.25) is 0 Å². The molecule has 3 heterocycles. The number of hydrogen-bond donors (Lipinski definition) is 4. The maximum atomic E-state index is 13.0. The van der Waals surface area contributed by atoms with Gasteiger partial charge in [0.2, 0.25) is 5.89 Å². The number of nitrogens with one attached hydrogen (secondary N) is 3. The molecule has 0 radical (unpaired) electrons. The average molecular weight is 520 g/mol. The molecular weight excluding hydrogens is 502 g/mol. The fourth-order valence-corrected chi connectivity index (χ4v) is 3.66. The van der Waals surface area contributed by atoms with E-state index < -0.39 is 27.8 Å². The van der Waals surface area contributed by atoms with Gasteiger partial charge in [-0.3, -0.25) is 19.6 Å². The molecule has 0 aliphatic carbocycles. The van der Waals surface area contributed by atoms with Gasteiger partial charge in [0, 0.05) is 18.0 Å². The zero-order valence-electron chi connectivity index (χ0n) is 18.3. The second-order valence-electron chi connectivity index (χ2n) is 7.15. The van der Waals surface area contributed by atoms with Crippen LogP contribution in [0.5, 0.6) is 5.75 Å². The van der Waals surface area contributed by atoms with Crippen LogP contribution in [0.4, 0.5) is 26.1 Å². The normalized spacial score (nSPS) is 12.3. The predicted molar refractivity (Wildman–Crippen MR) is 122 cm³/mol. The number of benzene rings is 1. The van der Waals surface area contributed by atoms with E-state index >= 15 is 0 Å². The molecule has 0 fully saturated rings. The van der Waals surface area contributed by atoms with E-state index in [1.54, 1.807) is 11.6 Å². The van der Waals surface area contributed by atoms with Crippen LogP contribution in [-0.2, 0) is 10.0 Å². The fourth-order valence-electron chi connectivity index (χ4n) is 3.10. The Balaban J connectivity index is 1.75. The van der Waals surface area contributed by atoms with Gasteiger partial charge in [0.15, 0.2) is 11.9 Å². The van der Waals surface area contributed by atoms with Gasteiger partial charge in [-0.15, -0.1) is 0 Å². The average Bonchev–Trinajstić information content (AvgIpc) is 3.51. The van der Waals surface area contributed by atoms with Crippen LogP contribution < -0.4 is 20.5 Å². The highest BCUT2D eigenvalue weighted by molar-refractivity contribution is 7.93. The second kappa shape index (κ2) is 9.95. The first-order valence-electron chi connectivity index (χ1n) is 10.1. The molecule has 1 aromatic carbocycles. The molecule has 4 aromatic rings. The number of oxazole rings is 1. The molecule has 36 heavy (non-hydrogen) atoms. The van der Waals surface area contributed by atoms with Crippen molar-refractivity contribution >= 4 is 33.3 Å². The van der Waals surface area contributed by atoms with E-state index in [1.165, 1.54) is 49.2 Å². The molecular formula is C20H18F2N8O5S. The Hall–Kier alpha value is -4.60. The molecule has 4 rings (SSSR count). The summed E-state index contributed by atoms with van der Waals surface area (Å²) in [4.78, 5) is 24.2. The van der Waals surface area contributed by atoms with Crippen LogP contribution in [0, 0.1) is 0 Å². The zero-order valence-corrected chi connectivity index (χ0v) is 19.2. The van der Waals surface area contributed by atoms with Crippen LogP contribution in [0.25, 0.3) is 11.3 Å². The van der Waals surface area contributed by atoms with Crippen molar-refractivity contribution in [3.63, 3.8) is 0 Å². The summed E-state index contributed by atoms with van der Waals surface area (Å²) < 4.78 is 62.3. The lowest BCUT2D eigenvalue weighted by atomic mass is 10.1. The Morgan fingerprint density at radius 3 is 2.67 bits per heavy atom. The number of aromatic amines is 1. The standard InChI is InChI=1S/C20H18F2N8O5S/c1-10(19-26-6-7-34-19)35-13-8-11(2-3-12(13)30-36(32,33)20(21)22)16-15(17(23)31)18(29-28-16)27-14-9-24-4-5-25-14/h2-10,20,30H,1H3,(H2,23,31)(H2,25,27,28,29). The summed E-state index contributed by atoms with van der Waals surface area (Å²) in [6.07, 6.45) is 6.14. The fraction of sp³-hybridized carbons (Fsp3) is 0.150. The minimum atomic E-state index is -5.01. The first kappa shape index (κ1) is 24.5. The van der Waals surface area contributed by atoms with Gasteiger partial charge in [0.25, 0.3) is 15.9 Å². The van der Waals surface area contributed by atoms with Gasteiger partial charge in [-0.1, -0.05) is 6.07 Å². The molecule has 5 N–H and O–H groups in total. The number of carbonyl (C=O) groups is 1. The Morgan fingerprint density at radius 1 is 1.22 bits per heavy atom. The zero-order chi connectivity index (χ0) is 25.9. The molecule has 1 amide bonds. The third-order valence-electron chi connectivity index (χ3n) is 4.68. The lowest BCUT2D eigenvalue weighted by Crippen LogP contribution is -2.21. The Kier molecular flexibility index (Phi) is 6.77. The van der Waals surface area contributed by atoms with Crippen molar-refractivity contribution in [2.24, 2.45) is 5.73 Å². The highest BCUT2D eigenvalue weighted by atomic mass is 32.2. The molecule has 0 saturated carbocycles. The van der Waals surface area contributed by atoms with Crippen molar-refractivity contribution < 1.29 is 31.1 Å².